The maximum Gasteiger partial charge on any atom is 0.292 e. The number of aliphatic hydroxyl groups excluding tert-OH is 2. The number of carbonyl (C=O) groups is 4. The first-order chi connectivity index (χ1) is 17.2. The van der Waals surface area contributed by atoms with Gasteiger partial charge in [0.05, 0.1) is 11.1 Å². The molecule has 1 aliphatic carbocycles. The molecule has 1 aliphatic rings. The summed E-state index contributed by atoms with van der Waals surface area (Å²) in [4.78, 5) is 48.5. The fourth-order valence-electron chi connectivity index (χ4n) is 3.77. The number of amides is 2. The van der Waals surface area contributed by atoms with Gasteiger partial charge in [0, 0.05) is 24.2 Å². The van der Waals surface area contributed by atoms with Gasteiger partial charge in [-0.2, -0.15) is 0 Å². The summed E-state index contributed by atoms with van der Waals surface area (Å²) < 4.78 is 27.4. The van der Waals surface area contributed by atoms with Gasteiger partial charge in [-0.25, -0.2) is 8.78 Å². The largest absolute Gasteiger partial charge is 0.507 e. The Labute approximate surface area is 205 Å². The molecule has 0 radical (unpaired) electrons. The number of nitrogens with one attached hydrogen (secondary N) is 2. The van der Waals surface area contributed by atoms with Crippen LogP contribution in [0.1, 0.15) is 36.8 Å². The molecular formula is C26H24F2N2O6. The summed E-state index contributed by atoms with van der Waals surface area (Å²) in [6.45, 7) is 0. The fraction of sp³-hybridized carbons (Fsp3) is 0.231. The fourth-order valence-corrected chi connectivity index (χ4v) is 3.77. The average molecular weight is 498 g/mol. The molecule has 0 bridgehead atoms. The van der Waals surface area contributed by atoms with E-state index in [9.17, 15) is 38.2 Å². The van der Waals surface area contributed by atoms with Crippen LogP contribution >= 0.6 is 0 Å². The lowest BCUT2D eigenvalue weighted by Crippen LogP contribution is -2.46. The lowest BCUT2D eigenvalue weighted by Gasteiger charge is -2.29. The smallest absolute Gasteiger partial charge is 0.292 e. The summed E-state index contributed by atoms with van der Waals surface area (Å²) in [5.41, 5.74) is -0.414. The van der Waals surface area contributed by atoms with Crippen LogP contribution in [-0.4, -0.2) is 45.7 Å². The molecule has 2 aromatic carbocycles. The summed E-state index contributed by atoms with van der Waals surface area (Å²) in [6, 6.07) is 9.78. The molecule has 0 heterocycles. The molecule has 0 unspecified atom stereocenters. The molecule has 36 heavy (non-hydrogen) atoms. The van der Waals surface area contributed by atoms with Crippen molar-refractivity contribution in [2.24, 2.45) is 0 Å². The van der Waals surface area contributed by atoms with Crippen LogP contribution in [0.3, 0.4) is 0 Å². The van der Waals surface area contributed by atoms with E-state index in [-0.39, 0.29) is 23.2 Å². The summed E-state index contributed by atoms with van der Waals surface area (Å²) in [5.74, 6) is -6.83. The van der Waals surface area contributed by atoms with Crippen LogP contribution in [-0.2, 0) is 19.2 Å². The van der Waals surface area contributed by atoms with Crippen LogP contribution in [0.5, 0.6) is 0 Å². The molecule has 4 N–H and O–H groups in total. The Morgan fingerprint density at radius 1 is 0.667 bits per heavy atom. The highest BCUT2D eigenvalue weighted by molar-refractivity contribution is 6.42. The lowest BCUT2D eigenvalue weighted by molar-refractivity contribution is -0.136. The number of benzene rings is 2. The van der Waals surface area contributed by atoms with Crippen molar-refractivity contribution in [3.8, 4) is 0 Å². The molecule has 0 atom stereocenters. The zero-order valence-electron chi connectivity index (χ0n) is 19.0. The van der Waals surface area contributed by atoms with E-state index in [0.717, 1.165) is 12.1 Å². The highest BCUT2D eigenvalue weighted by Gasteiger charge is 2.26. The summed E-state index contributed by atoms with van der Waals surface area (Å²) in [5, 5.41) is 25.0. The highest BCUT2D eigenvalue weighted by atomic mass is 19.1. The SMILES string of the molecule is O=C(/C=C(\O)c1ccccc1F)C(=O)NC1CCC(NC(=O)C(=O)/C=C(\O)c2ccccc2F)CC1. The van der Waals surface area contributed by atoms with Crippen LogP contribution in [0.2, 0.25) is 0 Å². The maximum atomic E-state index is 13.7. The predicted molar refractivity (Wildman–Crippen MR) is 126 cm³/mol. The van der Waals surface area contributed by atoms with Crippen molar-refractivity contribution >= 4 is 34.9 Å². The molecule has 2 amide bonds. The van der Waals surface area contributed by atoms with E-state index in [1.54, 1.807) is 0 Å². The zero-order chi connectivity index (χ0) is 26.2. The number of carbonyl (C=O) groups excluding carboxylic acids is 4. The van der Waals surface area contributed by atoms with Gasteiger partial charge in [-0.05, 0) is 49.9 Å². The van der Waals surface area contributed by atoms with Gasteiger partial charge < -0.3 is 20.8 Å². The summed E-state index contributed by atoms with van der Waals surface area (Å²) in [7, 11) is 0. The molecule has 2 aromatic rings. The minimum absolute atomic E-state index is 0.207. The van der Waals surface area contributed by atoms with Crippen LogP contribution < -0.4 is 10.6 Å². The lowest BCUT2D eigenvalue weighted by atomic mass is 9.91. The minimum Gasteiger partial charge on any atom is -0.507 e. The Bertz CT molecular complexity index is 1140. The van der Waals surface area contributed by atoms with Crippen LogP contribution in [0.15, 0.2) is 60.7 Å². The molecule has 188 valence electrons. The van der Waals surface area contributed by atoms with Crippen molar-refractivity contribution in [3.05, 3.63) is 83.4 Å². The van der Waals surface area contributed by atoms with E-state index >= 15 is 0 Å². The Hall–Kier alpha value is -4.34. The van der Waals surface area contributed by atoms with Gasteiger partial charge in [0.2, 0.25) is 11.6 Å². The Kier molecular flexibility index (Phi) is 8.66. The second kappa shape index (κ2) is 11.9. The zero-order valence-corrected chi connectivity index (χ0v) is 19.0. The first kappa shape index (κ1) is 26.3. The van der Waals surface area contributed by atoms with Gasteiger partial charge in [0.1, 0.15) is 23.2 Å². The average Bonchev–Trinajstić information content (AvgIpc) is 2.85. The molecule has 0 spiro atoms. The van der Waals surface area contributed by atoms with Gasteiger partial charge in [0.15, 0.2) is 0 Å². The van der Waals surface area contributed by atoms with Gasteiger partial charge in [0.25, 0.3) is 11.8 Å². The van der Waals surface area contributed by atoms with Crippen molar-refractivity contribution in [3.63, 3.8) is 0 Å². The molecule has 8 nitrogen and oxygen atoms in total. The van der Waals surface area contributed by atoms with Crippen molar-refractivity contribution < 1.29 is 38.2 Å². The number of ketones is 2. The van der Waals surface area contributed by atoms with Gasteiger partial charge >= 0.3 is 0 Å². The van der Waals surface area contributed by atoms with Crippen LogP contribution in [0.4, 0.5) is 8.78 Å². The molecule has 10 heteroatoms. The molecule has 0 aromatic heterocycles. The van der Waals surface area contributed by atoms with Crippen molar-refractivity contribution in [2.45, 2.75) is 37.8 Å². The van der Waals surface area contributed by atoms with E-state index < -0.39 is 46.5 Å². The third kappa shape index (κ3) is 6.84. The highest BCUT2D eigenvalue weighted by Crippen LogP contribution is 2.20. The number of hydrogen-bond donors (Lipinski definition) is 4. The topological polar surface area (TPSA) is 133 Å². The third-order valence-electron chi connectivity index (χ3n) is 5.68. The standard InChI is InChI=1S/C26H24F2N2O6/c27-19-7-3-1-5-17(19)21(31)13-23(33)25(35)29-15-9-11-16(12-10-15)30-26(36)24(34)14-22(32)18-6-2-4-8-20(18)28/h1-8,13-16,31-32H,9-12H2,(H,29,35)(H,30,36)/b21-13-,22-14-. The van der Waals surface area contributed by atoms with E-state index in [2.05, 4.69) is 10.6 Å². The quantitative estimate of drug-likeness (QED) is 0.251. The summed E-state index contributed by atoms with van der Waals surface area (Å²) in [6.07, 6.45) is 2.90. The Morgan fingerprint density at radius 3 is 1.33 bits per heavy atom. The molecule has 0 saturated heterocycles. The van der Waals surface area contributed by atoms with Gasteiger partial charge in [-0.1, -0.05) is 24.3 Å². The molecule has 0 aliphatic heterocycles. The number of hydrogen-bond acceptors (Lipinski definition) is 6. The molecule has 3 rings (SSSR count). The van der Waals surface area contributed by atoms with Crippen molar-refractivity contribution in [1.29, 1.82) is 0 Å². The van der Waals surface area contributed by atoms with Crippen molar-refractivity contribution in [1.82, 2.24) is 10.6 Å². The first-order valence-corrected chi connectivity index (χ1v) is 11.2. The van der Waals surface area contributed by atoms with E-state index in [1.165, 1.54) is 36.4 Å². The minimum atomic E-state index is -1.04. The Balaban J connectivity index is 1.47. The van der Waals surface area contributed by atoms with Crippen LogP contribution in [0, 0.1) is 11.6 Å². The van der Waals surface area contributed by atoms with Gasteiger partial charge in [-0.15, -0.1) is 0 Å². The van der Waals surface area contributed by atoms with E-state index in [0.29, 0.717) is 37.8 Å². The maximum absolute atomic E-state index is 13.7. The third-order valence-corrected chi connectivity index (χ3v) is 5.68. The van der Waals surface area contributed by atoms with Crippen molar-refractivity contribution in [2.75, 3.05) is 0 Å². The molecular weight excluding hydrogens is 474 g/mol. The number of aliphatic hydroxyl groups is 2. The summed E-state index contributed by atoms with van der Waals surface area (Å²) >= 11 is 0. The van der Waals surface area contributed by atoms with Crippen LogP contribution in [0.25, 0.3) is 11.5 Å². The normalized spacial score (nSPS) is 18.3. The number of halogens is 2. The molecule has 1 fully saturated rings. The Morgan fingerprint density at radius 2 is 1.00 bits per heavy atom. The monoisotopic (exact) mass is 498 g/mol. The number of rotatable bonds is 8. The second-order valence-corrected chi connectivity index (χ2v) is 8.24. The van der Waals surface area contributed by atoms with E-state index in [4.69, 9.17) is 0 Å². The molecule has 1 saturated carbocycles. The van der Waals surface area contributed by atoms with Gasteiger partial charge in [-0.3, -0.25) is 19.2 Å². The second-order valence-electron chi connectivity index (χ2n) is 8.24. The van der Waals surface area contributed by atoms with E-state index in [1.807, 2.05) is 0 Å². The predicted octanol–water partition coefficient (Wildman–Crippen LogP) is 3.14. The first-order valence-electron chi connectivity index (χ1n) is 11.2.